The first-order valence-corrected chi connectivity index (χ1v) is 3.99. The van der Waals surface area contributed by atoms with Gasteiger partial charge in [-0.05, 0) is 13.8 Å². The van der Waals surface area contributed by atoms with Crippen molar-refractivity contribution in [1.82, 2.24) is 4.31 Å². The van der Waals surface area contributed by atoms with Gasteiger partial charge in [0.25, 0.3) is 0 Å². The molecule has 0 heterocycles. The first kappa shape index (κ1) is 7.31. The molecule has 44 valence electrons. The minimum absolute atomic E-state index is 1.18. The van der Waals surface area contributed by atoms with Gasteiger partial charge in [-0.3, -0.25) is 0 Å². The highest BCUT2D eigenvalue weighted by Crippen LogP contribution is 1.83. The molecule has 1 nitrogen and oxygen atoms in total. The maximum atomic E-state index is 2.35. The first-order chi connectivity index (χ1) is 3.35. The van der Waals surface area contributed by atoms with E-state index in [1.165, 1.54) is 25.0 Å². The van der Waals surface area contributed by atoms with Crippen LogP contribution >= 0.6 is 0 Å². The van der Waals surface area contributed by atoms with Gasteiger partial charge in [-0.1, -0.05) is 0 Å². The highest BCUT2D eigenvalue weighted by molar-refractivity contribution is 7.75. The molecule has 0 atom stereocenters. The molecule has 0 fully saturated rings. The molecule has 0 amide bonds. The summed E-state index contributed by atoms with van der Waals surface area (Å²) < 4.78 is 2.35. The van der Waals surface area contributed by atoms with Gasteiger partial charge in [-0.2, -0.15) is 0 Å². The minimum atomic E-state index is 1.18. The second-order valence-corrected chi connectivity index (χ2v) is 2.30. The number of rotatable bonds is 3. The molecule has 0 aromatic heterocycles. The third-order valence-corrected chi connectivity index (χ3v) is 2.14. The predicted octanol–water partition coefficient (Wildman–Crippen LogP) is 0.688. The lowest BCUT2D eigenvalue weighted by molar-refractivity contribution is 0.524. The average Bonchev–Trinajstić information content (AvgIpc) is 1.72. The molecule has 0 radical (unpaired) electrons. The van der Waals surface area contributed by atoms with Gasteiger partial charge in [0.05, 0.1) is 11.9 Å². The highest BCUT2D eigenvalue weighted by Gasteiger charge is 1.98. The molecule has 0 aromatic carbocycles. The van der Waals surface area contributed by atoms with Crippen LogP contribution in [0.5, 0.6) is 0 Å². The van der Waals surface area contributed by atoms with Gasteiger partial charge in [0.1, 0.15) is 6.26 Å². The van der Waals surface area contributed by atoms with Crippen LogP contribution in [0.4, 0.5) is 0 Å². The smallest absolute Gasteiger partial charge is 0.115 e. The van der Waals surface area contributed by atoms with Gasteiger partial charge < -0.3 is 0 Å². The molecule has 0 saturated heterocycles. The Kier molecular flexibility index (Phi) is 4.67. The monoisotopic (exact) mass is 120 g/mol. The van der Waals surface area contributed by atoms with Gasteiger partial charge in [-0.25, -0.2) is 0 Å². The van der Waals surface area contributed by atoms with Crippen molar-refractivity contribution < 1.29 is 0 Å². The quantitative estimate of drug-likeness (QED) is 0.391. The van der Waals surface area contributed by atoms with Crippen molar-refractivity contribution in [3.63, 3.8) is 0 Å². The molecule has 0 saturated carbocycles. The van der Waals surface area contributed by atoms with Gasteiger partial charge in [0.15, 0.2) is 0 Å². The second kappa shape index (κ2) is 4.47. The lowest BCUT2D eigenvalue weighted by Gasteiger charge is -2.03. The Hall–Kier alpha value is 0.310. The molecule has 7 heavy (non-hydrogen) atoms. The molecule has 0 aliphatic heterocycles. The van der Waals surface area contributed by atoms with Gasteiger partial charge in [-0.15, -0.1) is 4.31 Å². The average molecular weight is 120 g/mol. The van der Waals surface area contributed by atoms with Crippen LogP contribution in [0.1, 0.15) is 13.8 Å². The van der Waals surface area contributed by atoms with E-state index >= 15 is 0 Å². The molecular formula is C5H14NS+. The van der Waals surface area contributed by atoms with Crippen molar-refractivity contribution >= 4 is 11.9 Å². The molecule has 0 bridgehead atoms. The standard InChI is InChI=1S/C5H13NS/c1-4-6(5-2)7-3/h4-5H2,1-3H3/p+1. The lowest BCUT2D eigenvalue weighted by atomic mass is 10.7. The Morgan fingerprint density at radius 2 is 1.71 bits per heavy atom. The van der Waals surface area contributed by atoms with Crippen molar-refractivity contribution in [3.8, 4) is 0 Å². The Bertz CT molecular complexity index is 29.6. The van der Waals surface area contributed by atoms with Crippen LogP contribution in [0.3, 0.4) is 0 Å². The molecule has 0 unspecified atom stereocenters. The molecule has 0 spiro atoms. The fourth-order valence-corrected chi connectivity index (χ4v) is 1.07. The summed E-state index contributed by atoms with van der Waals surface area (Å²) in [6.45, 7) is 6.71. The first-order valence-electron chi connectivity index (χ1n) is 2.69. The third-order valence-electron chi connectivity index (χ3n) is 1.01. The van der Waals surface area contributed by atoms with E-state index in [-0.39, 0.29) is 0 Å². The van der Waals surface area contributed by atoms with E-state index < -0.39 is 0 Å². The Morgan fingerprint density at radius 1 is 1.29 bits per heavy atom. The summed E-state index contributed by atoms with van der Waals surface area (Å²) in [5.41, 5.74) is 0. The lowest BCUT2D eigenvalue weighted by Crippen LogP contribution is -2.19. The van der Waals surface area contributed by atoms with Crippen molar-refractivity contribution in [2.75, 3.05) is 19.3 Å². The normalized spacial score (nSPS) is 10.3. The van der Waals surface area contributed by atoms with E-state index in [0.717, 1.165) is 0 Å². The maximum absolute atomic E-state index is 2.35. The zero-order valence-electron chi connectivity index (χ0n) is 5.31. The van der Waals surface area contributed by atoms with Crippen LogP contribution < -0.4 is 0 Å². The molecule has 0 aromatic rings. The number of hydrogen-bond acceptors (Lipinski definition) is 1. The van der Waals surface area contributed by atoms with E-state index in [2.05, 4.69) is 24.4 Å². The molecule has 0 aliphatic carbocycles. The largest absolute Gasteiger partial charge is 0.129 e. The Balaban J connectivity index is 2.99. The van der Waals surface area contributed by atoms with Crippen LogP contribution in [-0.2, 0) is 11.9 Å². The summed E-state index contributed by atoms with van der Waals surface area (Å²) >= 11 is 1.39. The van der Waals surface area contributed by atoms with Crippen molar-refractivity contribution in [1.29, 1.82) is 0 Å². The van der Waals surface area contributed by atoms with Crippen LogP contribution in [0.2, 0.25) is 0 Å². The molecular weight excluding hydrogens is 106 g/mol. The van der Waals surface area contributed by atoms with Crippen molar-refractivity contribution in [2.24, 2.45) is 0 Å². The van der Waals surface area contributed by atoms with Crippen molar-refractivity contribution in [2.45, 2.75) is 13.8 Å². The van der Waals surface area contributed by atoms with Gasteiger partial charge >= 0.3 is 0 Å². The van der Waals surface area contributed by atoms with Gasteiger partial charge in [0, 0.05) is 13.1 Å². The maximum Gasteiger partial charge on any atom is 0.115 e. The summed E-state index contributed by atoms with van der Waals surface area (Å²) in [4.78, 5) is 0. The number of nitrogens with zero attached hydrogens (tertiary/aromatic N) is 1. The van der Waals surface area contributed by atoms with E-state index in [1.54, 1.807) is 0 Å². The Labute approximate surface area is 50.2 Å². The van der Waals surface area contributed by atoms with E-state index in [4.69, 9.17) is 0 Å². The summed E-state index contributed by atoms with van der Waals surface area (Å²) in [6, 6.07) is 0. The van der Waals surface area contributed by atoms with Gasteiger partial charge in [0.2, 0.25) is 0 Å². The zero-order chi connectivity index (χ0) is 5.70. The molecule has 0 N–H and O–H groups in total. The second-order valence-electron chi connectivity index (χ2n) is 1.34. The fraction of sp³-hybridized carbons (Fsp3) is 1.00. The summed E-state index contributed by atoms with van der Waals surface area (Å²) in [6.07, 6.45) is 2.16. The highest BCUT2D eigenvalue weighted by atomic mass is 32.2. The topological polar surface area (TPSA) is 3.24 Å². The SMILES string of the molecule is CCN(CC)[SH+]C. The predicted molar refractivity (Wildman–Crippen MR) is 37.6 cm³/mol. The molecule has 0 aliphatic rings. The summed E-state index contributed by atoms with van der Waals surface area (Å²) in [5.74, 6) is 0. The van der Waals surface area contributed by atoms with Crippen LogP contribution in [0.15, 0.2) is 0 Å². The van der Waals surface area contributed by atoms with Crippen LogP contribution in [-0.4, -0.2) is 23.7 Å². The summed E-state index contributed by atoms with van der Waals surface area (Å²) in [7, 11) is 0. The Morgan fingerprint density at radius 3 is 1.71 bits per heavy atom. The van der Waals surface area contributed by atoms with Crippen LogP contribution in [0, 0.1) is 0 Å². The molecule has 2 heteroatoms. The molecule has 0 rings (SSSR count). The summed E-state index contributed by atoms with van der Waals surface area (Å²) in [5, 5.41) is 0. The van der Waals surface area contributed by atoms with E-state index in [1.807, 2.05) is 0 Å². The third kappa shape index (κ3) is 2.94. The minimum Gasteiger partial charge on any atom is -0.129 e. The number of thiol groups is 1. The fourth-order valence-electron chi connectivity index (χ4n) is 0.506. The number of hydrogen-bond donors (Lipinski definition) is 0. The van der Waals surface area contributed by atoms with E-state index in [9.17, 15) is 0 Å². The van der Waals surface area contributed by atoms with Crippen LogP contribution in [0.25, 0.3) is 0 Å². The van der Waals surface area contributed by atoms with Crippen molar-refractivity contribution in [3.05, 3.63) is 0 Å². The van der Waals surface area contributed by atoms with E-state index in [0.29, 0.717) is 0 Å². The zero-order valence-corrected chi connectivity index (χ0v) is 6.20.